The van der Waals surface area contributed by atoms with Crippen LogP contribution in [0.3, 0.4) is 0 Å². The van der Waals surface area contributed by atoms with Crippen molar-refractivity contribution in [1.29, 1.82) is 0 Å². The molecule has 0 aliphatic heterocycles. The Labute approximate surface area is 135 Å². The van der Waals surface area contributed by atoms with Gasteiger partial charge in [-0.3, -0.25) is 4.98 Å². The fraction of sp³-hybridized carbons (Fsp3) is 0.105. The second kappa shape index (κ2) is 6.83. The fourth-order valence-electron chi connectivity index (χ4n) is 2.37. The number of ether oxygens (including phenoxy) is 1. The van der Waals surface area contributed by atoms with Crippen LogP contribution in [-0.2, 0) is 6.54 Å². The van der Waals surface area contributed by atoms with Crippen molar-refractivity contribution in [3.63, 3.8) is 0 Å². The van der Waals surface area contributed by atoms with Crippen LogP contribution < -0.4 is 10.1 Å². The quantitative estimate of drug-likeness (QED) is 0.746. The zero-order valence-electron chi connectivity index (χ0n) is 12.9. The van der Waals surface area contributed by atoms with Gasteiger partial charge < -0.3 is 15.2 Å². The molecule has 0 aliphatic carbocycles. The molecule has 0 saturated heterocycles. The summed E-state index contributed by atoms with van der Waals surface area (Å²) < 4.78 is 5.23. The van der Waals surface area contributed by atoms with Gasteiger partial charge in [0, 0.05) is 24.5 Å². The summed E-state index contributed by atoms with van der Waals surface area (Å²) >= 11 is 0. The predicted octanol–water partition coefficient (Wildman–Crippen LogP) is 4.07. The van der Waals surface area contributed by atoms with Crippen molar-refractivity contribution < 1.29 is 9.84 Å². The predicted molar refractivity (Wildman–Crippen MR) is 91.7 cm³/mol. The summed E-state index contributed by atoms with van der Waals surface area (Å²) in [6.07, 6.45) is 3.57. The lowest BCUT2D eigenvalue weighted by Crippen LogP contribution is -2.00. The highest BCUT2D eigenvalue weighted by Gasteiger charge is 2.02. The van der Waals surface area contributed by atoms with Crippen LogP contribution >= 0.6 is 0 Å². The third-order valence-corrected chi connectivity index (χ3v) is 3.55. The number of benzene rings is 2. The normalized spacial score (nSPS) is 10.3. The molecule has 0 amide bonds. The lowest BCUT2D eigenvalue weighted by molar-refractivity contribution is 0.414. The summed E-state index contributed by atoms with van der Waals surface area (Å²) in [6.45, 7) is 0.683. The van der Waals surface area contributed by atoms with E-state index >= 15 is 0 Å². The Morgan fingerprint density at radius 3 is 2.70 bits per heavy atom. The number of aromatic nitrogens is 1. The summed E-state index contributed by atoms with van der Waals surface area (Å²) in [6, 6.07) is 17.1. The number of rotatable bonds is 5. The molecule has 3 aromatic rings. The fourth-order valence-corrected chi connectivity index (χ4v) is 2.37. The summed E-state index contributed by atoms with van der Waals surface area (Å²) in [7, 11) is 1.66. The third kappa shape index (κ3) is 3.80. The minimum absolute atomic E-state index is 0.247. The number of phenols is 1. The molecule has 0 bridgehead atoms. The molecule has 0 unspecified atom stereocenters. The zero-order valence-corrected chi connectivity index (χ0v) is 12.9. The van der Waals surface area contributed by atoms with Crippen LogP contribution in [0.5, 0.6) is 11.5 Å². The standard InChI is InChI=1S/C19H18N2O2/c1-23-19-7-2-4-14(8-19)11-21-17-9-16(12-20-13-17)15-5-3-6-18(22)10-15/h2-10,12-13,21-22H,11H2,1H3. The molecule has 0 saturated carbocycles. The van der Waals surface area contributed by atoms with E-state index in [4.69, 9.17) is 4.74 Å². The number of methoxy groups -OCH3 is 1. The molecular weight excluding hydrogens is 288 g/mol. The molecule has 2 N–H and O–H groups in total. The summed E-state index contributed by atoms with van der Waals surface area (Å²) in [5.41, 5.74) is 3.94. The Morgan fingerprint density at radius 2 is 1.87 bits per heavy atom. The van der Waals surface area contributed by atoms with Gasteiger partial charge in [0.1, 0.15) is 11.5 Å². The van der Waals surface area contributed by atoms with Crippen LogP contribution in [0.4, 0.5) is 5.69 Å². The number of pyridine rings is 1. The van der Waals surface area contributed by atoms with Crippen LogP contribution in [-0.4, -0.2) is 17.2 Å². The topological polar surface area (TPSA) is 54.4 Å². The first kappa shape index (κ1) is 14.9. The number of hydrogen-bond donors (Lipinski definition) is 2. The highest BCUT2D eigenvalue weighted by atomic mass is 16.5. The summed E-state index contributed by atoms with van der Waals surface area (Å²) in [5, 5.41) is 13.0. The van der Waals surface area contributed by atoms with Gasteiger partial charge in [-0.25, -0.2) is 0 Å². The molecule has 0 aliphatic rings. The van der Waals surface area contributed by atoms with Crippen molar-refractivity contribution in [1.82, 2.24) is 4.98 Å². The second-order valence-electron chi connectivity index (χ2n) is 5.22. The van der Waals surface area contributed by atoms with Gasteiger partial charge in [0.15, 0.2) is 0 Å². The Bertz CT molecular complexity index is 803. The van der Waals surface area contributed by atoms with E-state index < -0.39 is 0 Å². The zero-order chi connectivity index (χ0) is 16.1. The molecule has 0 radical (unpaired) electrons. The second-order valence-corrected chi connectivity index (χ2v) is 5.22. The van der Waals surface area contributed by atoms with Gasteiger partial charge >= 0.3 is 0 Å². The maximum Gasteiger partial charge on any atom is 0.119 e. The van der Waals surface area contributed by atoms with Crippen molar-refractivity contribution in [3.8, 4) is 22.6 Å². The average Bonchev–Trinajstić information content (AvgIpc) is 2.60. The molecule has 1 aromatic heterocycles. The van der Waals surface area contributed by atoms with E-state index in [1.807, 2.05) is 42.5 Å². The first-order valence-electron chi connectivity index (χ1n) is 7.36. The molecule has 0 spiro atoms. The summed E-state index contributed by atoms with van der Waals surface area (Å²) in [5.74, 6) is 1.09. The van der Waals surface area contributed by atoms with Gasteiger partial charge in [-0.1, -0.05) is 24.3 Å². The minimum atomic E-state index is 0.247. The van der Waals surface area contributed by atoms with E-state index in [0.717, 1.165) is 28.1 Å². The van der Waals surface area contributed by atoms with Crippen molar-refractivity contribution in [2.24, 2.45) is 0 Å². The van der Waals surface area contributed by atoms with Gasteiger partial charge in [0.2, 0.25) is 0 Å². The van der Waals surface area contributed by atoms with Crippen LogP contribution in [0.2, 0.25) is 0 Å². The number of nitrogens with zero attached hydrogens (tertiary/aromatic N) is 1. The lowest BCUT2D eigenvalue weighted by Gasteiger charge is -2.09. The van der Waals surface area contributed by atoms with E-state index in [9.17, 15) is 5.11 Å². The first-order valence-corrected chi connectivity index (χ1v) is 7.36. The van der Waals surface area contributed by atoms with Crippen LogP contribution in [0, 0.1) is 0 Å². The Balaban J connectivity index is 1.75. The largest absolute Gasteiger partial charge is 0.508 e. The highest BCUT2D eigenvalue weighted by molar-refractivity contribution is 5.67. The van der Waals surface area contributed by atoms with E-state index in [-0.39, 0.29) is 5.75 Å². The Hall–Kier alpha value is -3.01. The Kier molecular flexibility index (Phi) is 4.43. The van der Waals surface area contributed by atoms with E-state index in [2.05, 4.69) is 10.3 Å². The average molecular weight is 306 g/mol. The number of nitrogens with one attached hydrogen (secondary N) is 1. The first-order chi connectivity index (χ1) is 11.2. The number of phenolic OH excluding ortho intramolecular Hbond substituents is 1. The molecule has 0 fully saturated rings. The third-order valence-electron chi connectivity index (χ3n) is 3.55. The summed E-state index contributed by atoms with van der Waals surface area (Å²) in [4.78, 5) is 4.27. The molecule has 4 heteroatoms. The van der Waals surface area contributed by atoms with Gasteiger partial charge in [-0.05, 0) is 41.5 Å². The molecule has 2 aromatic carbocycles. The van der Waals surface area contributed by atoms with Gasteiger partial charge in [-0.2, -0.15) is 0 Å². The number of aromatic hydroxyl groups is 1. The lowest BCUT2D eigenvalue weighted by atomic mass is 10.1. The SMILES string of the molecule is COc1cccc(CNc2cncc(-c3cccc(O)c3)c2)c1. The van der Waals surface area contributed by atoms with Gasteiger partial charge in [0.05, 0.1) is 12.8 Å². The Morgan fingerprint density at radius 1 is 1.00 bits per heavy atom. The number of hydrogen-bond acceptors (Lipinski definition) is 4. The van der Waals surface area contributed by atoms with Crippen LogP contribution in [0.25, 0.3) is 11.1 Å². The molecule has 23 heavy (non-hydrogen) atoms. The minimum Gasteiger partial charge on any atom is -0.508 e. The smallest absolute Gasteiger partial charge is 0.119 e. The molecule has 116 valence electrons. The number of anilines is 1. The maximum atomic E-state index is 9.60. The molecule has 1 heterocycles. The van der Waals surface area contributed by atoms with E-state index in [1.54, 1.807) is 31.6 Å². The highest BCUT2D eigenvalue weighted by Crippen LogP contribution is 2.25. The van der Waals surface area contributed by atoms with Crippen molar-refractivity contribution in [3.05, 3.63) is 72.6 Å². The van der Waals surface area contributed by atoms with Gasteiger partial charge in [-0.15, -0.1) is 0 Å². The maximum absolute atomic E-state index is 9.60. The molecule has 4 nitrogen and oxygen atoms in total. The van der Waals surface area contributed by atoms with Crippen molar-refractivity contribution in [2.75, 3.05) is 12.4 Å². The molecule has 0 atom stereocenters. The van der Waals surface area contributed by atoms with Crippen LogP contribution in [0.1, 0.15) is 5.56 Å². The van der Waals surface area contributed by atoms with E-state index in [0.29, 0.717) is 6.54 Å². The van der Waals surface area contributed by atoms with Crippen molar-refractivity contribution in [2.45, 2.75) is 6.54 Å². The molecule has 3 rings (SSSR count). The monoisotopic (exact) mass is 306 g/mol. The van der Waals surface area contributed by atoms with Crippen molar-refractivity contribution >= 4 is 5.69 Å². The van der Waals surface area contributed by atoms with Gasteiger partial charge in [0.25, 0.3) is 0 Å². The van der Waals surface area contributed by atoms with E-state index in [1.165, 1.54) is 0 Å². The van der Waals surface area contributed by atoms with Crippen LogP contribution in [0.15, 0.2) is 67.0 Å². The molecular formula is C19H18N2O2.